The number of hydrogen-bond donors (Lipinski definition) is 1. The first-order chi connectivity index (χ1) is 9.41. The van der Waals surface area contributed by atoms with Crippen molar-refractivity contribution in [3.05, 3.63) is 12.2 Å². The minimum atomic E-state index is 0.330. The lowest BCUT2D eigenvalue weighted by molar-refractivity contribution is -0.128. The summed E-state index contributed by atoms with van der Waals surface area (Å²) >= 11 is 0. The third kappa shape index (κ3) is 17.2. The summed E-state index contributed by atoms with van der Waals surface area (Å²) in [6.45, 7) is 1.42. The van der Waals surface area contributed by atoms with Gasteiger partial charge in [0.15, 0.2) is 0 Å². The van der Waals surface area contributed by atoms with Crippen LogP contribution < -0.4 is 0 Å². The van der Waals surface area contributed by atoms with Crippen LogP contribution in [-0.2, 0) is 9.53 Å². The summed E-state index contributed by atoms with van der Waals surface area (Å²) in [5, 5.41) is 8.63. The fourth-order valence-electron chi connectivity index (χ4n) is 1.99. The van der Waals surface area contributed by atoms with Gasteiger partial charge in [0, 0.05) is 6.61 Å². The van der Waals surface area contributed by atoms with Crippen LogP contribution in [0.4, 0.5) is 0 Å². The largest absolute Gasteiger partial charge is 0.468 e. The Balaban J connectivity index is 3.02. The van der Waals surface area contributed by atoms with E-state index in [-0.39, 0.29) is 0 Å². The Bertz CT molecular complexity index is 202. The summed E-state index contributed by atoms with van der Waals surface area (Å²) in [6.07, 6.45) is 17.4. The van der Waals surface area contributed by atoms with E-state index in [4.69, 9.17) is 5.11 Å². The predicted molar refractivity (Wildman–Crippen MR) is 79.0 cm³/mol. The normalized spacial score (nSPS) is 11.0. The maximum atomic E-state index is 9.90. The number of allylic oxidation sites excluding steroid dienone is 2. The lowest BCUT2D eigenvalue weighted by atomic mass is 10.1. The maximum absolute atomic E-state index is 9.90. The molecule has 0 aliphatic heterocycles. The third-order valence-electron chi connectivity index (χ3n) is 3.15. The third-order valence-corrected chi connectivity index (χ3v) is 3.15. The fraction of sp³-hybridized carbons (Fsp3) is 0.812. The number of rotatable bonds is 15. The Morgan fingerprint density at radius 2 is 1.26 bits per heavy atom. The van der Waals surface area contributed by atoms with Gasteiger partial charge in [-0.15, -0.1) is 0 Å². The number of ether oxygens (including phenoxy) is 1. The highest BCUT2D eigenvalue weighted by molar-refractivity contribution is 5.36. The Kier molecular flexibility index (Phi) is 16.4. The van der Waals surface area contributed by atoms with Crippen LogP contribution in [0, 0.1) is 0 Å². The van der Waals surface area contributed by atoms with Gasteiger partial charge in [-0.2, -0.15) is 0 Å². The molecule has 0 spiro atoms. The van der Waals surface area contributed by atoms with Crippen LogP contribution in [0.2, 0.25) is 0 Å². The highest BCUT2D eigenvalue weighted by Gasteiger charge is 1.90. The van der Waals surface area contributed by atoms with Crippen LogP contribution in [0.1, 0.15) is 70.6 Å². The van der Waals surface area contributed by atoms with Gasteiger partial charge in [0.2, 0.25) is 0 Å². The van der Waals surface area contributed by atoms with Crippen LogP contribution in [0.5, 0.6) is 0 Å². The minimum absolute atomic E-state index is 0.330. The molecule has 3 nitrogen and oxygen atoms in total. The highest BCUT2D eigenvalue weighted by atomic mass is 16.5. The molecule has 0 unspecified atom stereocenters. The monoisotopic (exact) mass is 270 g/mol. The molecule has 0 bridgehead atoms. The minimum Gasteiger partial charge on any atom is -0.468 e. The molecule has 0 rings (SSSR count). The first-order valence-corrected chi connectivity index (χ1v) is 7.73. The van der Waals surface area contributed by atoms with Crippen LogP contribution in [0.25, 0.3) is 0 Å². The van der Waals surface area contributed by atoms with Gasteiger partial charge in [0.1, 0.15) is 0 Å². The molecule has 0 amide bonds. The van der Waals surface area contributed by atoms with E-state index in [9.17, 15) is 4.79 Å². The molecular formula is C16H30O3. The molecule has 0 heterocycles. The van der Waals surface area contributed by atoms with Crippen LogP contribution >= 0.6 is 0 Å². The molecule has 0 atom stereocenters. The van der Waals surface area contributed by atoms with E-state index < -0.39 is 0 Å². The highest BCUT2D eigenvalue weighted by Crippen LogP contribution is 2.07. The maximum Gasteiger partial charge on any atom is 0.293 e. The second-order valence-corrected chi connectivity index (χ2v) is 4.92. The predicted octanol–water partition coefficient (Wildman–Crippen LogP) is 4.00. The van der Waals surface area contributed by atoms with Crippen LogP contribution in [0.15, 0.2) is 12.2 Å². The van der Waals surface area contributed by atoms with E-state index in [1.165, 1.54) is 44.9 Å². The molecule has 0 fully saturated rings. The SMILES string of the molecule is O=COCCCCCCC/C=C/CCCCCCO. The smallest absolute Gasteiger partial charge is 0.293 e. The van der Waals surface area contributed by atoms with E-state index in [1.807, 2.05) is 0 Å². The molecule has 112 valence electrons. The summed E-state index contributed by atoms with van der Waals surface area (Å²) < 4.78 is 4.63. The second kappa shape index (κ2) is 17.2. The Morgan fingerprint density at radius 1 is 0.737 bits per heavy atom. The molecule has 3 heteroatoms. The Labute approximate surface area is 118 Å². The van der Waals surface area contributed by atoms with Crippen molar-refractivity contribution >= 4 is 6.47 Å². The number of carbonyl (C=O) groups excluding carboxylic acids is 1. The van der Waals surface area contributed by atoms with Gasteiger partial charge < -0.3 is 9.84 Å². The number of hydrogen-bond acceptors (Lipinski definition) is 3. The summed E-state index contributed by atoms with van der Waals surface area (Å²) in [5.74, 6) is 0. The van der Waals surface area contributed by atoms with Crippen LogP contribution in [0.3, 0.4) is 0 Å². The second-order valence-electron chi connectivity index (χ2n) is 4.92. The van der Waals surface area contributed by atoms with E-state index >= 15 is 0 Å². The van der Waals surface area contributed by atoms with Crippen molar-refractivity contribution in [1.29, 1.82) is 0 Å². The van der Waals surface area contributed by atoms with Crippen molar-refractivity contribution in [2.24, 2.45) is 0 Å². The standard InChI is InChI=1S/C16H30O3/c17-14-12-10-8-6-4-2-1-3-5-7-9-11-13-15-19-16-18/h1-2,16-17H,3-15H2/b2-1+. The lowest BCUT2D eigenvalue weighted by Crippen LogP contribution is -1.91. The van der Waals surface area contributed by atoms with Crippen molar-refractivity contribution in [1.82, 2.24) is 0 Å². The van der Waals surface area contributed by atoms with Gasteiger partial charge in [0.05, 0.1) is 6.61 Å². The Hall–Kier alpha value is -0.830. The molecule has 0 aromatic rings. The molecule has 0 saturated heterocycles. The van der Waals surface area contributed by atoms with E-state index in [1.54, 1.807) is 0 Å². The molecule has 0 aliphatic rings. The average molecular weight is 270 g/mol. The number of aliphatic hydroxyl groups is 1. The molecule has 0 aromatic carbocycles. The molecule has 19 heavy (non-hydrogen) atoms. The van der Waals surface area contributed by atoms with Gasteiger partial charge >= 0.3 is 0 Å². The van der Waals surface area contributed by atoms with Crippen molar-refractivity contribution in [2.45, 2.75) is 70.6 Å². The molecule has 0 saturated carbocycles. The van der Waals surface area contributed by atoms with Gasteiger partial charge in [-0.1, -0.05) is 44.3 Å². The first-order valence-electron chi connectivity index (χ1n) is 7.73. The van der Waals surface area contributed by atoms with E-state index in [0.717, 1.165) is 25.7 Å². The lowest BCUT2D eigenvalue weighted by Gasteiger charge is -1.99. The van der Waals surface area contributed by atoms with Crippen molar-refractivity contribution in [3.8, 4) is 0 Å². The molecule has 0 aromatic heterocycles. The quantitative estimate of drug-likeness (QED) is 0.278. The summed E-state index contributed by atoms with van der Waals surface area (Å²) in [6, 6.07) is 0. The zero-order chi connectivity index (χ0) is 14.0. The van der Waals surface area contributed by atoms with Crippen molar-refractivity contribution in [3.63, 3.8) is 0 Å². The van der Waals surface area contributed by atoms with Crippen molar-refractivity contribution < 1.29 is 14.6 Å². The molecule has 0 radical (unpaired) electrons. The van der Waals surface area contributed by atoms with Crippen LogP contribution in [-0.4, -0.2) is 24.8 Å². The first kappa shape index (κ1) is 18.2. The summed E-state index contributed by atoms with van der Waals surface area (Å²) in [4.78, 5) is 9.90. The van der Waals surface area contributed by atoms with Crippen molar-refractivity contribution in [2.75, 3.05) is 13.2 Å². The zero-order valence-corrected chi connectivity index (χ0v) is 12.2. The summed E-state index contributed by atoms with van der Waals surface area (Å²) in [7, 11) is 0. The fourth-order valence-corrected chi connectivity index (χ4v) is 1.99. The van der Waals surface area contributed by atoms with Gasteiger partial charge in [0.25, 0.3) is 6.47 Å². The topological polar surface area (TPSA) is 46.5 Å². The zero-order valence-electron chi connectivity index (χ0n) is 12.2. The summed E-state index contributed by atoms with van der Waals surface area (Å²) in [5.41, 5.74) is 0. The van der Waals surface area contributed by atoms with Gasteiger partial charge in [-0.25, -0.2) is 0 Å². The Morgan fingerprint density at radius 3 is 1.84 bits per heavy atom. The molecule has 0 aliphatic carbocycles. The van der Waals surface area contributed by atoms with Gasteiger partial charge in [-0.05, 0) is 38.5 Å². The van der Waals surface area contributed by atoms with E-state index in [0.29, 0.717) is 19.7 Å². The number of unbranched alkanes of at least 4 members (excludes halogenated alkanes) is 9. The average Bonchev–Trinajstić information content (AvgIpc) is 2.43. The van der Waals surface area contributed by atoms with E-state index in [2.05, 4.69) is 16.9 Å². The molecule has 1 N–H and O–H groups in total. The molecular weight excluding hydrogens is 240 g/mol. The number of carbonyl (C=O) groups is 1. The van der Waals surface area contributed by atoms with Gasteiger partial charge in [-0.3, -0.25) is 4.79 Å². The number of aliphatic hydroxyl groups excluding tert-OH is 1.